The number of aromatic hydroxyl groups is 1. The maximum atomic E-state index is 9.62. The van der Waals surface area contributed by atoms with E-state index in [4.69, 9.17) is 0 Å². The van der Waals surface area contributed by atoms with E-state index in [-0.39, 0.29) is 5.75 Å². The SMILES string of the molecule is CN(c1ncccc1O)[C@@H]1CCNC1. The highest BCUT2D eigenvalue weighted by Gasteiger charge is 2.21. The minimum Gasteiger partial charge on any atom is -0.504 e. The van der Waals surface area contributed by atoms with Gasteiger partial charge in [0.1, 0.15) is 0 Å². The highest BCUT2D eigenvalue weighted by atomic mass is 16.3. The fourth-order valence-corrected chi connectivity index (χ4v) is 1.80. The normalized spacial score (nSPS) is 21.1. The molecule has 0 unspecified atom stereocenters. The van der Waals surface area contributed by atoms with Gasteiger partial charge in [-0.3, -0.25) is 0 Å². The fraction of sp³-hybridized carbons (Fsp3) is 0.500. The van der Waals surface area contributed by atoms with E-state index in [0.29, 0.717) is 11.9 Å². The summed E-state index contributed by atoms with van der Waals surface area (Å²) >= 11 is 0. The molecule has 0 bridgehead atoms. The monoisotopic (exact) mass is 193 g/mol. The van der Waals surface area contributed by atoms with Crippen molar-refractivity contribution in [2.45, 2.75) is 12.5 Å². The standard InChI is InChI=1S/C10H15N3O/c1-13(8-4-6-11-7-8)10-9(14)3-2-5-12-10/h2-3,5,8,11,14H,4,6-7H2,1H3/t8-/m1/s1. The van der Waals surface area contributed by atoms with Gasteiger partial charge in [-0.15, -0.1) is 0 Å². The molecule has 1 saturated heterocycles. The lowest BCUT2D eigenvalue weighted by atomic mass is 10.2. The van der Waals surface area contributed by atoms with Gasteiger partial charge in [0.2, 0.25) is 0 Å². The summed E-state index contributed by atoms with van der Waals surface area (Å²) in [5.74, 6) is 0.920. The van der Waals surface area contributed by atoms with Crippen LogP contribution >= 0.6 is 0 Å². The molecule has 0 amide bonds. The van der Waals surface area contributed by atoms with Crippen molar-refractivity contribution in [2.75, 3.05) is 25.0 Å². The van der Waals surface area contributed by atoms with Crippen LogP contribution in [0.25, 0.3) is 0 Å². The van der Waals surface area contributed by atoms with Crippen LogP contribution in [0, 0.1) is 0 Å². The van der Waals surface area contributed by atoms with Gasteiger partial charge in [-0.2, -0.15) is 0 Å². The summed E-state index contributed by atoms with van der Waals surface area (Å²) in [4.78, 5) is 6.21. The summed E-state index contributed by atoms with van der Waals surface area (Å²) in [6.45, 7) is 2.01. The molecule has 1 atom stereocenters. The number of rotatable bonds is 2. The van der Waals surface area contributed by atoms with Gasteiger partial charge in [0, 0.05) is 25.8 Å². The Kier molecular flexibility index (Phi) is 2.54. The van der Waals surface area contributed by atoms with E-state index < -0.39 is 0 Å². The second-order valence-electron chi connectivity index (χ2n) is 3.60. The van der Waals surface area contributed by atoms with Crippen LogP contribution in [-0.2, 0) is 0 Å². The van der Waals surface area contributed by atoms with E-state index in [0.717, 1.165) is 19.5 Å². The molecule has 2 N–H and O–H groups in total. The summed E-state index contributed by atoms with van der Waals surface area (Å²) in [6.07, 6.45) is 2.81. The van der Waals surface area contributed by atoms with Gasteiger partial charge in [-0.25, -0.2) is 4.98 Å². The molecule has 0 radical (unpaired) electrons. The molecule has 76 valence electrons. The summed E-state index contributed by atoms with van der Waals surface area (Å²) < 4.78 is 0. The number of hydrogen-bond donors (Lipinski definition) is 2. The maximum absolute atomic E-state index is 9.62. The van der Waals surface area contributed by atoms with E-state index in [9.17, 15) is 5.11 Å². The van der Waals surface area contributed by atoms with Crippen molar-refractivity contribution in [1.82, 2.24) is 10.3 Å². The minimum atomic E-state index is 0.252. The Morgan fingerprint density at radius 2 is 2.50 bits per heavy atom. The van der Waals surface area contributed by atoms with Crippen molar-refractivity contribution in [1.29, 1.82) is 0 Å². The van der Waals surface area contributed by atoms with Crippen LogP contribution in [0.15, 0.2) is 18.3 Å². The molecule has 4 heteroatoms. The molecular weight excluding hydrogens is 178 g/mol. The van der Waals surface area contributed by atoms with Crippen molar-refractivity contribution in [3.8, 4) is 5.75 Å². The van der Waals surface area contributed by atoms with Crippen LogP contribution in [0.2, 0.25) is 0 Å². The summed E-state index contributed by atoms with van der Waals surface area (Å²) in [5, 5.41) is 12.9. The predicted molar refractivity (Wildman–Crippen MR) is 55.6 cm³/mol. The van der Waals surface area contributed by atoms with Gasteiger partial charge in [0.15, 0.2) is 11.6 Å². The van der Waals surface area contributed by atoms with E-state index in [1.54, 1.807) is 18.3 Å². The second kappa shape index (κ2) is 3.84. The molecule has 0 aliphatic carbocycles. The number of anilines is 1. The third-order valence-corrected chi connectivity index (χ3v) is 2.68. The molecular formula is C10H15N3O. The molecule has 0 aromatic carbocycles. The lowest BCUT2D eigenvalue weighted by Crippen LogP contribution is -2.33. The van der Waals surface area contributed by atoms with Gasteiger partial charge >= 0.3 is 0 Å². The van der Waals surface area contributed by atoms with E-state index in [2.05, 4.69) is 10.3 Å². The molecule has 0 saturated carbocycles. The van der Waals surface area contributed by atoms with Crippen LogP contribution in [0.3, 0.4) is 0 Å². The Hall–Kier alpha value is -1.29. The molecule has 14 heavy (non-hydrogen) atoms. The van der Waals surface area contributed by atoms with Gasteiger partial charge in [-0.1, -0.05) is 0 Å². The molecule has 1 aliphatic rings. The van der Waals surface area contributed by atoms with Crippen LogP contribution in [-0.4, -0.2) is 36.3 Å². The highest BCUT2D eigenvalue weighted by molar-refractivity contribution is 5.51. The number of nitrogens with one attached hydrogen (secondary N) is 1. The Morgan fingerprint density at radius 1 is 1.64 bits per heavy atom. The zero-order chi connectivity index (χ0) is 9.97. The molecule has 1 aromatic heterocycles. The first-order valence-corrected chi connectivity index (χ1v) is 4.86. The lowest BCUT2D eigenvalue weighted by molar-refractivity contribution is 0.469. The number of likely N-dealkylation sites (N-methyl/N-ethyl adjacent to an activating group) is 1. The average Bonchev–Trinajstić information content (AvgIpc) is 2.70. The van der Waals surface area contributed by atoms with Crippen molar-refractivity contribution < 1.29 is 5.11 Å². The summed E-state index contributed by atoms with van der Waals surface area (Å²) in [5.41, 5.74) is 0. The molecule has 2 rings (SSSR count). The average molecular weight is 193 g/mol. The first kappa shape index (κ1) is 9.27. The Morgan fingerprint density at radius 3 is 3.14 bits per heavy atom. The van der Waals surface area contributed by atoms with Gasteiger partial charge in [-0.05, 0) is 25.1 Å². The Labute approximate surface area is 83.6 Å². The molecule has 2 heterocycles. The number of hydrogen-bond acceptors (Lipinski definition) is 4. The zero-order valence-electron chi connectivity index (χ0n) is 8.27. The first-order chi connectivity index (χ1) is 6.79. The number of pyridine rings is 1. The quantitative estimate of drug-likeness (QED) is 0.721. The molecule has 1 fully saturated rings. The van der Waals surface area contributed by atoms with Crippen molar-refractivity contribution in [3.63, 3.8) is 0 Å². The first-order valence-electron chi connectivity index (χ1n) is 4.86. The lowest BCUT2D eigenvalue weighted by Gasteiger charge is -2.25. The van der Waals surface area contributed by atoms with Crippen LogP contribution < -0.4 is 10.2 Å². The molecule has 1 aromatic rings. The van der Waals surface area contributed by atoms with Crippen LogP contribution in [0.4, 0.5) is 5.82 Å². The van der Waals surface area contributed by atoms with Crippen molar-refractivity contribution >= 4 is 5.82 Å². The van der Waals surface area contributed by atoms with E-state index in [1.807, 2.05) is 11.9 Å². The third-order valence-electron chi connectivity index (χ3n) is 2.68. The third kappa shape index (κ3) is 1.65. The fourth-order valence-electron chi connectivity index (χ4n) is 1.80. The highest BCUT2D eigenvalue weighted by Crippen LogP contribution is 2.25. The Balaban J connectivity index is 2.17. The predicted octanol–water partition coefficient (Wildman–Crippen LogP) is 0.585. The van der Waals surface area contributed by atoms with Gasteiger partial charge in [0.05, 0.1) is 0 Å². The van der Waals surface area contributed by atoms with Gasteiger partial charge in [0.25, 0.3) is 0 Å². The van der Waals surface area contributed by atoms with E-state index >= 15 is 0 Å². The van der Waals surface area contributed by atoms with Crippen molar-refractivity contribution in [2.24, 2.45) is 0 Å². The molecule has 1 aliphatic heterocycles. The molecule has 4 nitrogen and oxygen atoms in total. The van der Waals surface area contributed by atoms with Crippen molar-refractivity contribution in [3.05, 3.63) is 18.3 Å². The van der Waals surface area contributed by atoms with Gasteiger partial charge < -0.3 is 15.3 Å². The smallest absolute Gasteiger partial charge is 0.171 e. The van der Waals surface area contributed by atoms with Crippen LogP contribution in [0.5, 0.6) is 5.75 Å². The van der Waals surface area contributed by atoms with Crippen LogP contribution in [0.1, 0.15) is 6.42 Å². The van der Waals surface area contributed by atoms with E-state index in [1.165, 1.54) is 0 Å². The Bertz CT molecular complexity index is 310. The number of nitrogens with zero attached hydrogens (tertiary/aromatic N) is 2. The largest absolute Gasteiger partial charge is 0.504 e. The minimum absolute atomic E-state index is 0.252. The topological polar surface area (TPSA) is 48.4 Å². The number of aromatic nitrogens is 1. The molecule has 0 spiro atoms. The zero-order valence-corrected chi connectivity index (χ0v) is 8.27. The maximum Gasteiger partial charge on any atom is 0.171 e. The summed E-state index contributed by atoms with van der Waals surface area (Å²) in [6, 6.07) is 3.84. The second-order valence-corrected chi connectivity index (χ2v) is 3.60. The summed E-state index contributed by atoms with van der Waals surface area (Å²) in [7, 11) is 1.97.